The predicted molar refractivity (Wildman–Crippen MR) is 81.4 cm³/mol. The summed E-state index contributed by atoms with van der Waals surface area (Å²) >= 11 is 0. The zero-order valence-corrected chi connectivity index (χ0v) is 12.8. The fourth-order valence-electron chi connectivity index (χ4n) is 2.03. The van der Waals surface area contributed by atoms with E-state index in [0.717, 1.165) is 12.1 Å². The summed E-state index contributed by atoms with van der Waals surface area (Å²) in [6.45, 7) is 1.40. The number of ether oxygens (including phenoxy) is 2. The van der Waals surface area contributed by atoms with E-state index in [-0.39, 0.29) is 12.2 Å². The number of rotatable bonds is 6. The van der Waals surface area contributed by atoms with E-state index in [1.165, 1.54) is 6.07 Å². The summed E-state index contributed by atoms with van der Waals surface area (Å²) in [5.41, 5.74) is 0.212. The Morgan fingerprint density at radius 1 is 1.13 bits per heavy atom. The van der Waals surface area contributed by atoms with Crippen molar-refractivity contribution in [3.8, 4) is 11.5 Å². The number of methoxy groups -OCH3 is 1. The lowest BCUT2D eigenvalue weighted by Gasteiger charge is -2.15. The maximum absolute atomic E-state index is 13.6. The molecule has 1 unspecified atom stereocenters. The van der Waals surface area contributed by atoms with Crippen LogP contribution in [0.5, 0.6) is 11.5 Å². The normalized spacial score (nSPS) is 11.7. The predicted octanol–water partition coefficient (Wildman–Crippen LogP) is 3.23. The van der Waals surface area contributed by atoms with Crippen LogP contribution in [0.3, 0.4) is 0 Å². The van der Waals surface area contributed by atoms with Crippen LogP contribution < -0.4 is 14.8 Å². The first-order valence-electron chi connectivity index (χ1n) is 7.00. The zero-order valence-electron chi connectivity index (χ0n) is 12.8. The van der Waals surface area contributed by atoms with E-state index < -0.39 is 23.6 Å². The number of halogens is 2. The molecule has 2 rings (SSSR count). The van der Waals surface area contributed by atoms with E-state index in [0.29, 0.717) is 11.5 Å². The first-order valence-corrected chi connectivity index (χ1v) is 7.00. The van der Waals surface area contributed by atoms with Crippen molar-refractivity contribution in [2.24, 2.45) is 0 Å². The van der Waals surface area contributed by atoms with E-state index in [1.807, 2.05) is 0 Å². The smallest absolute Gasteiger partial charge is 0.258 e. The molecule has 122 valence electrons. The Hall–Kier alpha value is -2.63. The zero-order chi connectivity index (χ0) is 16.8. The fourth-order valence-corrected chi connectivity index (χ4v) is 2.03. The van der Waals surface area contributed by atoms with E-state index in [4.69, 9.17) is 9.47 Å². The first kappa shape index (κ1) is 16.7. The summed E-state index contributed by atoms with van der Waals surface area (Å²) in [7, 11) is 1.55. The molecular weight excluding hydrogens is 304 g/mol. The standard InChI is InChI=1S/C17H17F2NO3/c1-11(15-8-3-12(18)9-16(15)19)20-17(21)10-23-14-6-4-13(22-2)5-7-14/h3-9,11H,10H2,1-2H3,(H,20,21). The first-order chi connectivity index (χ1) is 11.0. The SMILES string of the molecule is COc1ccc(OCC(=O)NC(C)c2ccc(F)cc2F)cc1. The molecule has 0 aliphatic heterocycles. The summed E-state index contributed by atoms with van der Waals surface area (Å²) in [6.07, 6.45) is 0. The monoisotopic (exact) mass is 321 g/mol. The summed E-state index contributed by atoms with van der Waals surface area (Å²) in [5, 5.41) is 2.60. The number of carbonyl (C=O) groups excluding carboxylic acids is 1. The van der Waals surface area contributed by atoms with Gasteiger partial charge in [0.1, 0.15) is 23.1 Å². The molecule has 2 aromatic rings. The van der Waals surface area contributed by atoms with Gasteiger partial charge in [-0.2, -0.15) is 0 Å². The molecule has 4 nitrogen and oxygen atoms in total. The second-order valence-corrected chi connectivity index (χ2v) is 4.92. The molecule has 23 heavy (non-hydrogen) atoms. The van der Waals surface area contributed by atoms with Crippen molar-refractivity contribution in [1.29, 1.82) is 0 Å². The van der Waals surface area contributed by atoms with Crippen LogP contribution in [0.4, 0.5) is 8.78 Å². The van der Waals surface area contributed by atoms with E-state index >= 15 is 0 Å². The molecular formula is C17H17F2NO3. The quantitative estimate of drug-likeness (QED) is 0.888. The Bertz CT molecular complexity index is 674. The van der Waals surface area contributed by atoms with Crippen LogP contribution in [0.1, 0.15) is 18.5 Å². The Labute approximate surface area is 133 Å². The van der Waals surface area contributed by atoms with Gasteiger partial charge in [0.05, 0.1) is 13.2 Å². The van der Waals surface area contributed by atoms with Gasteiger partial charge in [-0.05, 0) is 37.3 Å². The third-order valence-corrected chi connectivity index (χ3v) is 3.24. The molecule has 0 fully saturated rings. The van der Waals surface area contributed by atoms with Gasteiger partial charge in [0, 0.05) is 11.6 Å². The molecule has 1 N–H and O–H groups in total. The largest absolute Gasteiger partial charge is 0.497 e. The molecule has 0 aliphatic rings. The number of nitrogens with one attached hydrogen (secondary N) is 1. The molecule has 0 saturated carbocycles. The Morgan fingerprint density at radius 2 is 1.78 bits per heavy atom. The van der Waals surface area contributed by atoms with Crippen molar-refractivity contribution in [1.82, 2.24) is 5.32 Å². The summed E-state index contributed by atoms with van der Waals surface area (Å²) < 4.78 is 36.9. The van der Waals surface area contributed by atoms with Crippen molar-refractivity contribution < 1.29 is 23.0 Å². The fraction of sp³-hybridized carbons (Fsp3) is 0.235. The van der Waals surface area contributed by atoms with Gasteiger partial charge < -0.3 is 14.8 Å². The van der Waals surface area contributed by atoms with Gasteiger partial charge in [-0.15, -0.1) is 0 Å². The lowest BCUT2D eigenvalue weighted by molar-refractivity contribution is -0.123. The van der Waals surface area contributed by atoms with Crippen molar-refractivity contribution in [3.63, 3.8) is 0 Å². The summed E-state index contributed by atoms with van der Waals surface area (Å²) in [5.74, 6) is -0.567. The highest BCUT2D eigenvalue weighted by molar-refractivity contribution is 5.78. The van der Waals surface area contributed by atoms with Crippen molar-refractivity contribution in [3.05, 3.63) is 59.7 Å². The van der Waals surface area contributed by atoms with Crippen LogP contribution in [0, 0.1) is 11.6 Å². The van der Waals surface area contributed by atoms with Gasteiger partial charge in [0.15, 0.2) is 6.61 Å². The van der Waals surface area contributed by atoms with Crippen molar-refractivity contribution >= 4 is 5.91 Å². The average molecular weight is 321 g/mol. The number of amides is 1. The maximum atomic E-state index is 13.6. The molecule has 0 spiro atoms. The van der Waals surface area contributed by atoms with Crippen LogP contribution in [0.15, 0.2) is 42.5 Å². The highest BCUT2D eigenvalue weighted by atomic mass is 19.1. The van der Waals surface area contributed by atoms with Gasteiger partial charge in [0.2, 0.25) is 0 Å². The van der Waals surface area contributed by atoms with Gasteiger partial charge in [-0.25, -0.2) is 8.78 Å². The van der Waals surface area contributed by atoms with Gasteiger partial charge in [-0.1, -0.05) is 6.07 Å². The molecule has 0 aromatic heterocycles. The number of benzene rings is 2. The number of carbonyl (C=O) groups is 1. The van der Waals surface area contributed by atoms with Gasteiger partial charge in [0.25, 0.3) is 5.91 Å². The summed E-state index contributed by atoms with van der Waals surface area (Å²) in [4.78, 5) is 11.8. The molecule has 2 aromatic carbocycles. The third-order valence-electron chi connectivity index (χ3n) is 3.24. The van der Waals surface area contributed by atoms with E-state index in [1.54, 1.807) is 38.3 Å². The van der Waals surface area contributed by atoms with Crippen LogP contribution in [-0.2, 0) is 4.79 Å². The highest BCUT2D eigenvalue weighted by Crippen LogP contribution is 2.18. The second-order valence-electron chi connectivity index (χ2n) is 4.92. The third kappa shape index (κ3) is 4.67. The van der Waals surface area contributed by atoms with Crippen LogP contribution >= 0.6 is 0 Å². The molecule has 0 aliphatic carbocycles. The summed E-state index contributed by atoms with van der Waals surface area (Å²) in [6, 6.07) is 9.42. The van der Waals surface area contributed by atoms with Gasteiger partial charge in [-0.3, -0.25) is 4.79 Å². The topological polar surface area (TPSA) is 47.6 Å². The minimum atomic E-state index is -0.700. The van der Waals surface area contributed by atoms with Crippen molar-refractivity contribution in [2.45, 2.75) is 13.0 Å². The Balaban J connectivity index is 1.88. The maximum Gasteiger partial charge on any atom is 0.258 e. The minimum Gasteiger partial charge on any atom is -0.497 e. The number of hydrogen-bond acceptors (Lipinski definition) is 3. The second kappa shape index (κ2) is 7.58. The van der Waals surface area contributed by atoms with Crippen molar-refractivity contribution in [2.75, 3.05) is 13.7 Å². The van der Waals surface area contributed by atoms with Gasteiger partial charge >= 0.3 is 0 Å². The molecule has 0 saturated heterocycles. The lowest BCUT2D eigenvalue weighted by Crippen LogP contribution is -2.31. The molecule has 0 radical (unpaired) electrons. The molecule has 6 heteroatoms. The highest BCUT2D eigenvalue weighted by Gasteiger charge is 2.14. The minimum absolute atomic E-state index is 0.209. The van der Waals surface area contributed by atoms with E-state index in [2.05, 4.69) is 5.32 Å². The van der Waals surface area contributed by atoms with Crippen LogP contribution in [-0.4, -0.2) is 19.6 Å². The van der Waals surface area contributed by atoms with Crippen LogP contribution in [0.25, 0.3) is 0 Å². The Kier molecular flexibility index (Phi) is 5.51. The lowest BCUT2D eigenvalue weighted by atomic mass is 10.1. The molecule has 0 heterocycles. The Morgan fingerprint density at radius 3 is 2.39 bits per heavy atom. The molecule has 1 atom stereocenters. The molecule has 0 bridgehead atoms. The molecule has 1 amide bonds. The van der Waals surface area contributed by atoms with Crippen LogP contribution in [0.2, 0.25) is 0 Å². The number of hydrogen-bond donors (Lipinski definition) is 1. The average Bonchev–Trinajstić information content (AvgIpc) is 2.53. The van der Waals surface area contributed by atoms with E-state index in [9.17, 15) is 13.6 Å².